The fraction of sp³-hybridized carbons (Fsp3) is 0. The van der Waals surface area contributed by atoms with Gasteiger partial charge in [0.05, 0.1) is 4.90 Å². The van der Waals surface area contributed by atoms with Gasteiger partial charge in [-0.2, -0.15) is 8.42 Å². The van der Waals surface area contributed by atoms with Crippen LogP contribution in [-0.4, -0.2) is 18.9 Å². The molecule has 0 unspecified atom stereocenters. The van der Waals surface area contributed by atoms with Crippen molar-refractivity contribution in [3.8, 4) is 0 Å². The summed E-state index contributed by atoms with van der Waals surface area (Å²) in [4.78, 5) is 10.5. The molecule has 0 fully saturated rings. The summed E-state index contributed by atoms with van der Waals surface area (Å²) in [6, 6.07) is 5.33. The second-order valence-corrected chi connectivity index (χ2v) is 4.26. The summed E-state index contributed by atoms with van der Waals surface area (Å²) in [6.45, 7) is 0. The summed E-state index contributed by atoms with van der Waals surface area (Å²) in [7, 11) is -1.25. The lowest BCUT2D eigenvalue weighted by molar-refractivity contribution is -0.132. The van der Waals surface area contributed by atoms with Gasteiger partial charge in [-0.3, -0.25) is 4.55 Å². The van der Waals surface area contributed by atoms with Crippen LogP contribution in [0, 0.1) is 7.11 Å². The lowest BCUT2D eigenvalue weighted by Gasteiger charge is -1.97. The smallest absolute Gasteiger partial charge is 0.330 e. The van der Waals surface area contributed by atoms with Crippen LogP contribution < -0.4 is 0 Å². The Morgan fingerprint density at radius 2 is 1.88 bits per heavy atom. The SMILES string of the molecule is [CH2]OC(=O)/C=C/c1ccc(S(=O)(=O)O)cc1. The van der Waals surface area contributed by atoms with E-state index in [2.05, 4.69) is 11.8 Å². The van der Waals surface area contributed by atoms with Gasteiger partial charge in [0.1, 0.15) is 7.11 Å². The number of hydrogen-bond acceptors (Lipinski definition) is 4. The molecule has 0 aromatic heterocycles. The third-order valence-electron chi connectivity index (χ3n) is 1.73. The minimum absolute atomic E-state index is 0.204. The summed E-state index contributed by atoms with van der Waals surface area (Å²) in [5, 5.41) is 0. The van der Waals surface area contributed by atoms with Crippen molar-refractivity contribution >= 4 is 22.2 Å². The van der Waals surface area contributed by atoms with Gasteiger partial charge in [-0.05, 0) is 23.8 Å². The topological polar surface area (TPSA) is 80.7 Å². The predicted molar refractivity (Wildman–Crippen MR) is 56.7 cm³/mol. The molecule has 1 aromatic carbocycles. The quantitative estimate of drug-likeness (QED) is 0.490. The van der Waals surface area contributed by atoms with Crippen molar-refractivity contribution in [3.05, 3.63) is 43.0 Å². The van der Waals surface area contributed by atoms with Crippen LogP contribution in [0.15, 0.2) is 35.2 Å². The van der Waals surface area contributed by atoms with Crippen LogP contribution in [0.5, 0.6) is 0 Å². The van der Waals surface area contributed by atoms with Gasteiger partial charge in [-0.15, -0.1) is 0 Å². The minimum atomic E-state index is -4.18. The van der Waals surface area contributed by atoms with Crippen molar-refractivity contribution in [1.82, 2.24) is 0 Å². The molecule has 0 spiro atoms. The maximum absolute atomic E-state index is 10.7. The summed E-state index contributed by atoms with van der Waals surface area (Å²) in [5.41, 5.74) is 0.595. The Hall–Kier alpha value is -1.66. The van der Waals surface area contributed by atoms with E-state index in [1.165, 1.54) is 30.3 Å². The molecular formula is C10H9O5S. The average Bonchev–Trinajstić information content (AvgIpc) is 2.25. The maximum Gasteiger partial charge on any atom is 0.330 e. The van der Waals surface area contributed by atoms with Crippen LogP contribution in [0.25, 0.3) is 6.08 Å². The fourth-order valence-corrected chi connectivity index (χ4v) is 1.44. The van der Waals surface area contributed by atoms with E-state index in [4.69, 9.17) is 4.55 Å². The summed E-state index contributed by atoms with van der Waals surface area (Å²) >= 11 is 0. The zero-order valence-electron chi connectivity index (χ0n) is 8.16. The second kappa shape index (κ2) is 4.91. The number of carbonyl (C=O) groups is 1. The van der Waals surface area contributed by atoms with Gasteiger partial charge in [0.25, 0.3) is 10.1 Å². The Labute approximate surface area is 93.1 Å². The zero-order valence-corrected chi connectivity index (χ0v) is 8.98. The van der Waals surface area contributed by atoms with Crippen LogP contribution in [0.1, 0.15) is 5.56 Å². The number of carbonyl (C=O) groups excluding carboxylic acids is 1. The standard InChI is InChI=1S/C10H9O5S/c1-15-10(11)7-4-8-2-5-9(6-3-8)16(12,13)14/h2-7H,1H2,(H,12,13,14)/b7-4+. The highest BCUT2D eigenvalue weighted by Gasteiger charge is 2.07. The van der Waals surface area contributed by atoms with E-state index >= 15 is 0 Å². The highest BCUT2D eigenvalue weighted by molar-refractivity contribution is 7.85. The van der Waals surface area contributed by atoms with E-state index in [-0.39, 0.29) is 4.90 Å². The highest BCUT2D eigenvalue weighted by atomic mass is 32.2. The van der Waals surface area contributed by atoms with Crippen molar-refractivity contribution in [1.29, 1.82) is 0 Å². The monoisotopic (exact) mass is 241 g/mol. The van der Waals surface area contributed by atoms with Crippen LogP contribution in [0.2, 0.25) is 0 Å². The van der Waals surface area contributed by atoms with Crippen LogP contribution in [0.4, 0.5) is 0 Å². The number of benzene rings is 1. The lowest BCUT2D eigenvalue weighted by atomic mass is 10.2. The highest BCUT2D eigenvalue weighted by Crippen LogP contribution is 2.11. The third-order valence-corrected chi connectivity index (χ3v) is 2.60. The molecule has 16 heavy (non-hydrogen) atoms. The van der Waals surface area contributed by atoms with E-state index < -0.39 is 16.1 Å². The maximum atomic E-state index is 10.7. The van der Waals surface area contributed by atoms with Gasteiger partial charge >= 0.3 is 5.97 Å². The Bertz CT molecular complexity index is 499. The molecule has 0 atom stereocenters. The molecule has 1 N–H and O–H groups in total. The van der Waals surface area contributed by atoms with E-state index in [1.807, 2.05) is 0 Å². The average molecular weight is 241 g/mol. The van der Waals surface area contributed by atoms with Crippen molar-refractivity contribution in [2.75, 3.05) is 0 Å². The van der Waals surface area contributed by atoms with Gasteiger partial charge in [0.15, 0.2) is 0 Å². The Morgan fingerprint density at radius 3 is 2.31 bits per heavy atom. The molecule has 0 heterocycles. The van der Waals surface area contributed by atoms with E-state index in [0.29, 0.717) is 5.56 Å². The van der Waals surface area contributed by atoms with Crippen LogP contribution in [-0.2, 0) is 19.6 Å². The van der Waals surface area contributed by atoms with Crippen molar-refractivity contribution in [2.45, 2.75) is 4.90 Å². The van der Waals surface area contributed by atoms with Gasteiger partial charge in [-0.1, -0.05) is 12.1 Å². The molecule has 0 saturated carbocycles. The zero-order chi connectivity index (χ0) is 12.2. The first-order valence-electron chi connectivity index (χ1n) is 4.15. The van der Waals surface area contributed by atoms with Gasteiger partial charge < -0.3 is 4.74 Å². The molecule has 85 valence electrons. The Kier molecular flexibility index (Phi) is 3.81. The molecular weight excluding hydrogens is 232 g/mol. The molecule has 5 nitrogen and oxygen atoms in total. The van der Waals surface area contributed by atoms with Crippen molar-refractivity contribution < 1.29 is 22.5 Å². The molecule has 0 amide bonds. The molecule has 6 heteroatoms. The molecule has 0 saturated heterocycles. The van der Waals surface area contributed by atoms with Crippen LogP contribution in [0.3, 0.4) is 0 Å². The number of esters is 1. The summed E-state index contributed by atoms with van der Waals surface area (Å²) in [5.74, 6) is -0.612. The van der Waals surface area contributed by atoms with Gasteiger partial charge in [0, 0.05) is 6.08 Å². The van der Waals surface area contributed by atoms with E-state index in [0.717, 1.165) is 6.08 Å². The molecule has 0 aliphatic carbocycles. The molecule has 1 rings (SSSR count). The first-order valence-corrected chi connectivity index (χ1v) is 5.59. The molecule has 0 aliphatic heterocycles. The number of ether oxygens (including phenoxy) is 1. The minimum Gasteiger partial charge on any atom is -0.459 e. The van der Waals surface area contributed by atoms with Gasteiger partial charge in [-0.25, -0.2) is 4.79 Å². The largest absolute Gasteiger partial charge is 0.459 e. The molecule has 0 bridgehead atoms. The second-order valence-electron chi connectivity index (χ2n) is 2.84. The fourth-order valence-electron chi connectivity index (χ4n) is 0.963. The van der Waals surface area contributed by atoms with Crippen LogP contribution >= 0.6 is 0 Å². The third kappa shape index (κ3) is 3.48. The summed E-state index contributed by atoms with van der Waals surface area (Å²) < 4.78 is 34.3. The van der Waals surface area contributed by atoms with Crippen molar-refractivity contribution in [3.63, 3.8) is 0 Å². The van der Waals surface area contributed by atoms with E-state index in [9.17, 15) is 13.2 Å². The van der Waals surface area contributed by atoms with E-state index in [1.54, 1.807) is 0 Å². The van der Waals surface area contributed by atoms with Crippen molar-refractivity contribution in [2.24, 2.45) is 0 Å². The normalized spacial score (nSPS) is 11.6. The molecule has 1 aromatic rings. The predicted octanol–water partition coefficient (Wildman–Crippen LogP) is 1.28. The molecule has 1 radical (unpaired) electrons. The number of rotatable bonds is 3. The summed E-state index contributed by atoms with van der Waals surface area (Å²) in [6.07, 6.45) is 2.58. The number of hydrogen-bond donors (Lipinski definition) is 1. The lowest BCUT2D eigenvalue weighted by Crippen LogP contribution is -1.97. The first kappa shape index (κ1) is 12.4. The Balaban J connectivity index is 2.88. The first-order chi connectivity index (χ1) is 7.43. The molecule has 0 aliphatic rings. The Morgan fingerprint density at radius 1 is 1.31 bits per heavy atom. The van der Waals surface area contributed by atoms with Gasteiger partial charge in [0.2, 0.25) is 0 Å².